The number of hydrogen-bond donors (Lipinski definition) is 0. The molecule has 2 heterocycles. The van der Waals surface area contributed by atoms with Crippen molar-refractivity contribution in [3.05, 3.63) is 170 Å². The first kappa shape index (κ1) is 27.0. The van der Waals surface area contributed by atoms with Gasteiger partial charge in [0, 0.05) is 12.4 Å². The van der Waals surface area contributed by atoms with Gasteiger partial charge in [-0.1, -0.05) is 121 Å². The predicted octanol–water partition coefficient (Wildman–Crippen LogP) is 10.8. The zero-order valence-electron chi connectivity index (χ0n) is 25.5. The van der Waals surface area contributed by atoms with Gasteiger partial charge in [0.25, 0.3) is 0 Å². The molecule has 0 unspecified atom stereocenters. The highest BCUT2D eigenvalue weighted by atomic mass is 15.5. The van der Waals surface area contributed by atoms with Crippen LogP contribution in [0.3, 0.4) is 0 Å². The molecule has 0 spiro atoms. The van der Waals surface area contributed by atoms with Gasteiger partial charge in [0.15, 0.2) is 0 Å². The normalized spacial score (nSPS) is 11.4. The van der Waals surface area contributed by atoms with E-state index >= 15 is 0 Å². The third-order valence-electron chi connectivity index (χ3n) is 8.97. The zero-order valence-corrected chi connectivity index (χ0v) is 25.5. The second kappa shape index (κ2) is 11.2. The van der Waals surface area contributed by atoms with Gasteiger partial charge < -0.3 is 0 Å². The van der Waals surface area contributed by atoms with Crippen molar-refractivity contribution in [3.8, 4) is 50.2 Å². The fourth-order valence-corrected chi connectivity index (χ4v) is 6.75. The number of aromatic nitrogens is 4. The van der Waals surface area contributed by atoms with E-state index in [0.717, 1.165) is 39.0 Å². The molecule has 2 aromatic heterocycles. The van der Waals surface area contributed by atoms with Crippen LogP contribution in [0.15, 0.2) is 170 Å². The Kier molecular flexibility index (Phi) is 6.43. The molecule has 4 heteroatoms. The first-order chi connectivity index (χ1) is 23.3. The summed E-state index contributed by atoms with van der Waals surface area (Å²) >= 11 is 0. The van der Waals surface area contributed by atoms with Crippen LogP contribution in [-0.4, -0.2) is 20.0 Å². The van der Waals surface area contributed by atoms with Crippen LogP contribution in [0.1, 0.15) is 0 Å². The molecular weight excluding hydrogens is 573 g/mol. The van der Waals surface area contributed by atoms with Gasteiger partial charge >= 0.3 is 0 Å². The van der Waals surface area contributed by atoms with Crippen molar-refractivity contribution in [3.63, 3.8) is 0 Å². The van der Waals surface area contributed by atoms with Gasteiger partial charge in [-0.2, -0.15) is 4.80 Å². The van der Waals surface area contributed by atoms with E-state index < -0.39 is 0 Å². The molecule has 47 heavy (non-hydrogen) atoms. The molecule has 0 atom stereocenters. The molecule has 220 valence electrons. The Hall–Kier alpha value is -6.39. The summed E-state index contributed by atoms with van der Waals surface area (Å²) in [6.45, 7) is 0. The number of fused-ring (bicyclic) bond motifs is 3. The largest absolute Gasteiger partial charge is 0.265 e. The van der Waals surface area contributed by atoms with Gasteiger partial charge in [0.2, 0.25) is 0 Å². The maximum absolute atomic E-state index is 4.86. The quantitative estimate of drug-likeness (QED) is 0.185. The molecule has 0 aliphatic rings. The van der Waals surface area contributed by atoms with Crippen LogP contribution in [-0.2, 0) is 0 Å². The summed E-state index contributed by atoms with van der Waals surface area (Å²) in [5.74, 6) is 0. The second-order valence-corrected chi connectivity index (χ2v) is 11.8. The van der Waals surface area contributed by atoms with Crippen LogP contribution >= 0.6 is 0 Å². The van der Waals surface area contributed by atoms with Crippen molar-refractivity contribution >= 4 is 32.6 Å². The van der Waals surface area contributed by atoms with Crippen LogP contribution in [0, 0.1) is 0 Å². The summed E-state index contributed by atoms with van der Waals surface area (Å²) in [5, 5.41) is 14.7. The number of pyridine rings is 1. The van der Waals surface area contributed by atoms with E-state index in [1.165, 1.54) is 43.8 Å². The molecule has 9 aromatic rings. The lowest BCUT2D eigenvalue weighted by atomic mass is 9.86. The van der Waals surface area contributed by atoms with Gasteiger partial charge in [0.1, 0.15) is 11.0 Å². The van der Waals surface area contributed by atoms with Crippen LogP contribution < -0.4 is 0 Å². The monoisotopic (exact) mass is 600 g/mol. The van der Waals surface area contributed by atoms with E-state index in [2.05, 4.69) is 138 Å². The fourth-order valence-electron chi connectivity index (χ4n) is 6.75. The maximum Gasteiger partial charge on any atom is 0.114 e. The minimum absolute atomic E-state index is 0.856. The van der Waals surface area contributed by atoms with Gasteiger partial charge in [-0.05, 0) is 102 Å². The summed E-state index contributed by atoms with van der Waals surface area (Å²) < 4.78 is 0. The van der Waals surface area contributed by atoms with Crippen LogP contribution in [0.5, 0.6) is 0 Å². The molecule has 9 rings (SSSR count). The molecule has 0 N–H and O–H groups in total. The Bertz CT molecular complexity index is 2490. The fraction of sp³-hybridized carbons (Fsp3) is 0. The highest BCUT2D eigenvalue weighted by Gasteiger charge is 2.16. The highest BCUT2D eigenvalue weighted by Crippen LogP contribution is 2.43. The standard InChI is InChI=1S/C43H28N4/c1-2-9-31(10-3-1)42-36-13-4-6-15-38(36)43(39-16-7-5-14-37(39)42)32-19-17-29(18-20-32)34-21-22-40-41(28-34)46-47(45-40)35-12-8-11-33(27-35)30-23-25-44-26-24-30/h1-28H. The third kappa shape index (κ3) is 4.75. The molecule has 0 aliphatic heterocycles. The lowest BCUT2D eigenvalue weighted by molar-refractivity contribution is 0.766. The summed E-state index contributed by atoms with van der Waals surface area (Å²) in [4.78, 5) is 5.86. The predicted molar refractivity (Wildman–Crippen MR) is 193 cm³/mol. The van der Waals surface area contributed by atoms with Gasteiger partial charge in [0.05, 0.1) is 5.69 Å². The Morgan fingerprint density at radius 3 is 1.49 bits per heavy atom. The molecule has 0 bridgehead atoms. The maximum atomic E-state index is 4.86. The molecule has 0 radical (unpaired) electrons. The van der Waals surface area contributed by atoms with Crippen molar-refractivity contribution in [1.82, 2.24) is 20.0 Å². The average molecular weight is 601 g/mol. The topological polar surface area (TPSA) is 43.6 Å². The summed E-state index contributed by atoms with van der Waals surface area (Å²) in [6.07, 6.45) is 3.62. The second-order valence-electron chi connectivity index (χ2n) is 11.8. The summed E-state index contributed by atoms with van der Waals surface area (Å²) in [6, 6.07) is 55.8. The Morgan fingerprint density at radius 1 is 0.340 bits per heavy atom. The number of rotatable bonds is 5. The zero-order chi connectivity index (χ0) is 31.2. The van der Waals surface area contributed by atoms with E-state index in [4.69, 9.17) is 10.2 Å². The lowest BCUT2D eigenvalue weighted by Crippen LogP contribution is -1.98. The molecule has 0 aliphatic carbocycles. The molecule has 0 amide bonds. The molecular formula is C43H28N4. The average Bonchev–Trinajstić information content (AvgIpc) is 3.59. The SMILES string of the molecule is c1ccc(-c2c3ccccc3c(-c3ccc(-c4ccc5nn(-c6cccc(-c7ccncc7)c6)nc5c4)cc3)c3ccccc23)cc1. The Morgan fingerprint density at radius 2 is 0.830 bits per heavy atom. The molecule has 0 saturated heterocycles. The summed E-state index contributed by atoms with van der Waals surface area (Å²) in [7, 11) is 0. The number of hydrogen-bond acceptors (Lipinski definition) is 3. The van der Waals surface area contributed by atoms with Crippen molar-refractivity contribution in [2.75, 3.05) is 0 Å². The minimum atomic E-state index is 0.856. The van der Waals surface area contributed by atoms with Crippen molar-refractivity contribution < 1.29 is 0 Å². The first-order valence-electron chi connectivity index (χ1n) is 15.8. The first-order valence-corrected chi connectivity index (χ1v) is 15.8. The Balaban J connectivity index is 1.10. The Labute approximate surface area is 272 Å². The van der Waals surface area contributed by atoms with Crippen molar-refractivity contribution in [1.29, 1.82) is 0 Å². The van der Waals surface area contributed by atoms with E-state index in [1.807, 2.05) is 36.7 Å². The van der Waals surface area contributed by atoms with E-state index in [-0.39, 0.29) is 0 Å². The van der Waals surface area contributed by atoms with E-state index in [9.17, 15) is 0 Å². The van der Waals surface area contributed by atoms with Gasteiger partial charge in [-0.25, -0.2) is 0 Å². The smallest absolute Gasteiger partial charge is 0.114 e. The van der Waals surface area contributed by atoms with Crippen LogP contribution in [0.25, 0.3) is 82.8 Å². The molecule has 0 fully saturated rings. The minimum Gasteiger partial charge on any atom is -0.265 e. The number of nitrogens with zero attached hydrogens (tertiary/aromatic N) is 4. The van der Waals surface area contributed by atoms with Crippen LogP contribution in [0.2, 0.25) is 0 Å². The summed E-state index contributed by atoms with van der Waals surface area (Å²) in [5.41, 5.74) is 12.1. The molecule has 7 aromatic carbocycles. The van der Waals surface area contributed by atoms with E-state index in [0.29, 0.717) is 0 Å². The highest BCUT2D eigenvalue weighted by molar-refractivity contribution is 6.21. The molecule has 0 saturated carbocycles. The van der Waals surface area contributed by atoms with E-state index in [1.54, 1.807) is 4.80 Å². The third-order valence-corrected chi connectivity index (χ3v) is 8.97. The van der Waals surface area contributed by atoms with Crippen LogP contribution in [0.4, 0.5) is 0 Å². The van der Waals surface area contributed by atoms with Gasteiger partial charge in [-0.3, -0.25) is 4.98 Å². The van der Waals surface area contributed by atoms with Crippen molar-refractivity contribution in [2.24, 2.45) is 0 Å². The van der Waals surface area contributed by atoms with Gasteiger partial charge in [-0.15, -0.1) is 10.2 Å². The molecule has 4 nitrogen and oxygen atoms in total. The number of benzene rings is 7. The van der Waals surface area contributed by atoms with Crippen molar-refractivity contribution in [2.45, 2.75) is 0 Å². The lowest BCUT2D eigenvalue weighted by Gasteiger charge is -2.18.